The van der Waals surface area contributed by atoms with Crippen LogP contribution in [-0.4, -0.2) is 28.7 Å². The van der Waals surface area contributed by atoms with E-state index in [9.17, 15) is 18.8 Å². The van der Waals surface area contributed by atoms with Gasteiger partial charge in [-0.25, -0.2) is 4.39 Å². The molecule has 0 aliphatic carbocycles. The molecule has 1 atom stereocenters. The SMILES string of the molecule is CC(C(=O)Nc1cccc(Cl)c1F)N1C(=O)c2ccccc2C1=O. The Kier molecular flexibility index (Phi) is 4.07. The third-order valence-corrected chi connectivity index (χ3v) is 4.09. The highest BCUT2D eigenvalue weighted by Gasteiger charge is 2.40. The number of nitrogens with one attached hydrogen (secondary N) is 1. The van der Waals surface area contributed by atoms with Crippen molar-refractivity contribution in [1.82, 2.24) is 4.90 Å². The molecule has 0 saturated carbocycles. The molecule has 0 spiro atoms. The Morgan fingerprint density at radius 3 is 2.25 bits per heavy atom. The number of benzene rings is 2. The number of hydrogen-bond acceptors (Lipinski definition) is 3. The number of imide groups is 1. The lowest BCUT2D eigenvalue weighted by atomic mass is 10.1. The maximum Gasteiger partial charge on any atom is 0.262 e. The molecule has 3 rings (SSSR count). The number of halogens is 2. The third-order valence-electron chi connectivity index (χ3n) is 3.80. The molecule has 24 heavy (non-hydrogen) atoms. The lowest BCUT2D eigenvalue weighted by Crippen LogP contribution is -2.45. The second-order valence-corrected chi connectivity index (χ2v) is 5.70. The van der Waals surface area contributed by atoms with Gasteiger partial charge >= 0.3 is 0 Å². The molecule has 5 nitrogen and oxygen atoms in total. The zero-order chi connectivity index (χ0) is 17.4. The van der Waals surface area contributed by atoms with Gasteiger partial charge in [0.2, 0.25) is 5.91 Å². The summed E-state index contributed by atoms with van der Waals surface area (Å²) >= 11 is 5.67. The molecule has 2 aromatic carbocycles. The smallest absolute Gasteiger partial charge is 0.262 e. The molecule has 0 fully saturated rings. The van der Waals surface area contributed by atoms with Crippen molar-refractivity contribution in [2.75, 3.05) is 5.32 Å². The van der Waals surface area contributed by atoms with Crippen molar-refractivity contribution in [3.63, 3.8) is 0 Å². The van der Waals surface area contributed by atoms with Crippen LogP contribution < -0.4 is 5.32 Å². The number of carbonyl (C=O) groups excluding carboxylic acids is 3. The summed E-state index contributed by atoms with van der Waals surface area (Å²) < 4.78 is 13.9. The van der Waals surface area contributed by atoms with Gasteiger partial charge in [0, 0.05) is 0 Å². The van der Waals surface area contributed by atoms with Crippen molar-refractivity contribution in [3.05, 3.63) is 64.4 Å². The fourth-order valence-electron chi connectivity index (χ4n) is 2.51. The average Bonchev–Trinajstić information content (AvgIpc) is 2.83. The minimum atomic E-state index is -1.10. The summed E-state index contributed by atoms with van der Waals surface area (Å²) in [5, 5.41) is 2.21. The molecule has 1 aliphatic heterocycles. The number of fused-ring (bicyclic) bond motifs is 1. The Hall–Kier alpha value is -2.73. The van der Waals surface area contributed by atoms with Gasteiger partial charge in [-0.3, -0.25) is 19.3 Å². The predicted octanol–water partition coefficient (Wildman–Crippen LogP) is 3.10. The van der Waals surface area contributed by atoms with Crippen molar-refractivity contribution >= 4 is 35.0 Å². The van der Waals surface area contributed by atoms with Gasteiger partial charge in [0.25, 0.3) is 11.8 Å². The van der Waals surface area contributed by atoms with Crippen LogP contribution in [0.3, 0.4) is 0 Å². The molecular formula is C17H12ClFN2O3. The van der Waals surface area contributed by atoms with Crippen LogP contribution in [0.5, 0.6) is 0 Å². The summed E-state index contributed by atoms with van der Waals surface area (Å²) in [6.07, 6.45) is 0. The summed E-state index contributed by atoms with van der Waals surface area (Å²) in [7, 11) is 0. The largest absolute Gasteiger partial charge is 0.322 e. The van der Waals surface area contributed by atoms with E-state index in [1.54, 1.807) is 12.1 Å². The molecule has 1 unspecified atom stereocenters. The van der Waals surface area contributed by atoms with Crippen molar-refractivity contribution < 1.29 is 18.8 Å². The van der Waals surface area contributed by atoms with Crippen LogP contribution in [0.25, 0.3) is 0 Å². The van der Waals surface area contributed by atoms with E-state index >= 15 is 0 Å². The van der Waals surface area contributed by atoms with Gasteiger partial charge in [-0.05, 0) is 31.2 Å². The first-order chi connectivity index (χ1) is 11.4. The Morgan fingerprint density at radius 2 is 1.67 bits per heavy atom. The molecule has 0 aromatic heterocycles. The van der Waals surface area contributed by atoms with Crippen molar-refractivity contribution in [2.24, 2.45) is 0 Å². The molecule has 122 valence electrons. The van der Waals surface area contributed by atoms with Crippen LogP contribution in [-0.2, 0) is 4.79 Å². The first-order valence-corrected chi connectivity index (χ1v) is 7.51. The maximum atomic E-state index is 13.9. The molecule has 2 aromatic rings. The first kappa shape index (κ1) is 16.1. The van der Waals surface area contributed by atoms with Crippen LogP contribution in [0.2, 0.25) is 5.02 Å². The van der Waals surface area contributed by atoms with E-state index in [2.05, 4.69) is 5.32 Å². The van der Waals surface area contributed by atoms with E-state index in [1.165, 1.54) is 37.3 Å². The standard InChI is InChI=1S/C17H12ClFN2O3/c1-9(15(22)20-13-8-4-7-12(18)14(13)19)21-16(23)10-5-2-3-6-11(10)17(21)24/h2-9H,1H3,(H,20,22). The predicted molar refractivity (Wildman–Crippen MR) is 86.4 cm³/mol. The molecule has 1 aliphatic rings. The molecule has 7 heteroatoms. The van der Waals surface area contributed by atoms with E-state index in [0.29, 0.717) is 0 Å². The van der Waals surface area contributed by atoms with Gasteiger partial charge in [-0.1, -0.05) is 29.8 Å². The van der Waals surface area contributed by atoms with E-state index in [-0.39, 0.29) is 21.8 Å². The number of amides is 3. The minimum absolute atomic E-state index is 0.115. The van der Waals surface area contributed by atoms with Crippen LogP contribution in [0.4, 0.5) is 10.1 Å². The van der Waals surface area contributed by atoms with Crippen LogP contribution in [0, 0.1) is 5.82 Å². The first-order valence-electron chi connectivity index (χ1n) is 7.13. The summed E-state index contributed by atoms with van der Waals surface area (Å²) in [4.78, 5) is 37.9. The summed E-state index contributed by atoms with van der Waals surface area (Å²) in [6.45, 7) is 1.40. The molecule has 0 bridgehead atoms. The highest BCUT2D eigenvalue weighted by atomic mass is 35.5. The number of rotatable bonds is 3. The zero-order valence-electron chi connectivity index (χ0n) is 12.5. The third kappa shape index (κ3) is 2.55. The molecular weight excluding hydrogens is 335 g/mol. The Bertz CT molecular complexity index is 834. The van der Waals surface area contributed by atoms with Crippen molar-refractivity contribution in [3.8, 4) is 0 Å². The lowest BCUT2D eigenvalue weighted by Gasteiger charge is -2.21. The monoisotopic (exact) mass is 346 g/mol. The average molecular weight is 347 g/mol. The lowest BCUT2D eigenvalue weighted by molar-refractivity contribution is -0.119. The minimum Gasteiger partial charge on any atom is -0.322 e. The van der Waals surface area contributed by atoms with Crippen LogP contribution in [0.15, 0.2) is 42.5 Å². The number of anilines is 1. The van der Waals surface area contributed by atoms with Crippen molar-refractivity contribution in [1.29, 1.82) is 0 Å². The normalized spacial score (nSPS) is 14.5. The molecule has 0 saturated heterocycles. The molecule has 0 radical (unpaired) electrons. The van der Waals surface area contributed by atoms with E-state index in [0.717, 1.165) is 4.90 Å². The summed E-state index contributed by atoms with van der Waals surface area (Å²) in [5.41, 5.74) is 0.378. The quantitative estimate of drug-likeness (QED) is 0.868. The molecule has 1 heterocycles. The van der Waals surface area contributed by atoms with Gasteiger partial charge in [0.1, 0.15) is 6.04 Å². The second kappa shape index (κ2) is 6.05. The number of hydrogen-bond donors (Lipinski definition) is 1. The van der Waals surface area contributed by atoms with Gasteiger partial charge in [-0.2, -0.15) is 0 Å². The zero-order valence-corrected chi connectivity index (χ0v) is 13.3. The molecule has 3 amide bonds. The Balaban J connectivity index is 1.83. The van der Waals surface area contributed by atoms with Gasteiger partial charge in [0.05, 0.1) is 21.8 Å². The summed E-state index contributed by atoms with van der Waals surface area (Å²) in [5.74, 6) is -2.57. The summed E-state index contributed by atoms with van der Waals surface area (Å²) in [6, 6.07) is 9.39. The van der Waals surface area contributed by atoms with E-state index in [4.69, 9.17) is 11.6 Å². The van der Waals surface area contributed by atoms with Gasteiger partial charge < -0.3 is 5.32 Å². The highest BCUT2D eigenvalue weighted by molar-refractivity contribution is 6.31. The molecule has 1 N–H and O–H groups in total. The van der Waals surface area contributed by atoms with E-state index < -0.39 is 29.6 Å². The van der Waals surface area contributed by atoms with Crippen LogP contribution >= 0.6 is 11.6 Å². The number of nitrogens with zero attached hydrogens (tertiary/aromatic N) is 1. The Morgan fingerprint density at radius 1 is 1.08 bits per heavy atom. The highest BCUT2D eigenvalue weighted by Crippen LogP contribution is 2.26. The number of carbonyl (C=O) groups is 3. The maximum absolute atomic E-state index is 13.9. The van der Waals surface area contributed by atoms with Crippen molar-refractivity contribution in [2.45, 2.75) is 13.0 Å². The van der Waals surface area contributed by atoms with Gasteiger partial charge in [0.15, 0.2) is 5.82 Å². The fourth-order valence-corrected chi connectivity index (χ4v) is 2.69. The topological polar surface area (TPSA) is 66.5 Å². The van der Waals surface area contributed by atoms with E-state index in [1.807, 2.05) is 0 Å². The Labute approximate surface area is 142 Å². The van der Waals surface area contributed by atoms with Crippen LogP contribution in [0.1, 0.15) is 27.6 Å². The van der Waals surface area contributed by atoms with Gasteiger partial charge in [-0.15, -0.1) is 0 Å². The second-order valence-electron chi connectivity index (χ2n) is 5.29. The fraction of sp³-hybridized carbons (Fsp3) is 0.118.